The smallest absolute Gasteiger partial charge is 0.165 e. The molecule has 4 heteroatoms. The van der Waals surface area contributed by atoms with E-state index in [0.717, 1.165) is 5.56 Å². The predicted octanol–water partition coefficient (Wildman–Crippen LogP) is 1.95. The monoisotopic (exact) mass is 227 g/mol. The van der Waals surface area contributed by atoms with E-state index in [1.165, 1.54) is 13.2 Å². The Kier molecular flexibility index (Phi) is 4.26. The van der Waals surface area contributed by atoms with Crippen LogP contribution in [0.15, 0.2) is 12.1 Å². The number of hydrogen-bond donors (Lipinski definition) is 2. The topological polar surface area (TPSA) is 55.5 Å². The molecule has 1 aromatic rings. The van der Waals surface area contributed by atoms with Crippen LogP contribution in [0.2, 0.25) is 0 Å². The van der Waals surface area contributed by atoms with Gasteiger partial charge in [0.2, 0.25) is 0 Å². The molecular weight excluding hydrogens is 209 g/mol. The molecule has 0 amide bonds. The third kappa shape index (κ3) is 2.51. The van der Waals surface area contributed by atoms with Crippen molar-refractivity contribution in [3.8, 4) is 5.75 Å². The molecule has 0 fully saturated rings. The zero-order valence-corrected chi connectivity index (χ0v) is 9.83. The lowest BCUT2D eigenvalue weighted by atomic mass is 9.97. The fourth-order valence-corrected chi connectivity index (χ4v) is 1.56. The molecule has 3 nitrogen and oxygen atoms in total. The van der Waals surface area contributed by atoms with Crippen molar-refractivity contribution in [1.82, 2.24) is 0 Å². The Bertz CT molecular complexity index is 366. The fourth-order valence-electron chi connectivity index (χ4n) is 1.56. The van der Waals surface area contributed by atoms with E-state index in [9.17, 15) is 4.39 Å². The lowest BCUT2D eigenvalue weighted by molar-refractivity contribution is 0.263. The normalized spacial score (nSPS) is 12.9. The van der Waals surface area contributed by atoms with E-state index in [-0.39, 0.29) is 18.3 Å². The standard InChI is InChI=1S/C12H18FNO2/c1-7(2)8-4-9(11(14)6-15)12(16-3)10(13)5-8/h4-5,7,11,15H,6,14H2,1-3H3. The summed E-state index contributed by atoms with van der Waals surface area (Å²) in [6.45, 7) is 3.70. The van der Waals surface area contributed by atoms with Crippen LogP contribution in [0, 0.1) is 5.82 Å². The summed E-state index contributed by atoms with van der Waals surface area (Å²) in [5.74, 6) is -0.122. The molecule has 0 aliphatic heterocycles. The van der Waals surface area contributed by atoms with Gasteiger partial charge in [-0.1, -0.05) is 13.8 Å². The minimum absolute atomic E-state index is 0.117. The van der Waals surface area contributed by atoms with Crippen molar-refractivity contribution in [1.29, 1.82) is 0 Å². The van der Waals surface area contributed by atoms with E-state index >= 15 is 0 Å². The predicted molar refractivity (Wildman–Crippen MR) is 61.1 cm³/mol. The minimum atomic E-state index is -0.622. The van der Waals surface area contributed by atoms with Crippen molar-refractivity contribution < 1.29 is 14.2 Å². The Hall–Kier alpha value is -1.13. The van der Waals surface area contributed by atoms with Crippen LogP contribution in [0.5, 0.6) is 5.75 Å². The zero-order valence-electron chi connectivity index (χ0n) is 9.83. The first-order valence-electron chi connectivity index (χ1n) is 5.25. The molecule has 1 rings (SSSR count). The van der Waals surface area contributed by atoms with Gasteiger partial charge in [0.25, 0.3) is 0 Å². The summed E-state index contributed by atoms with van der Waals surface area (Å²) in [5.41, 5.74) is 7.06. The molecule has 0 spiro atoms. The quantitative estimate of drug-likeness (QED) is 0.826. The maximum absolute atomic E-state index is 13.7. The van der Waals surface area contributed by atoms with Gasteiger partial charge >= 0.3 is 0 Å². The second-order valence-corrected chi connectivity index (χ2v) is 4.07. The molecular formula is C12H18FNO2. The molecule has 1 unspecified atom stereocenters. The third-order valence-electron chi connectivity index (χ3n) is 2.56. The molecule has 0 saturated heterocycles. The first-order valence-corrected chi connectivity index (χ1v) is 5.25. The number of hydrogen-bond acceptors (Lipinski definition) is 3. The van der Waals surface area contributed by atoms with Crippen molar-refractivity contribution in [2.75, 3.05) is 13.7 Å². The summed E-state index contributed by atoms with van der Waals surface area (Å²) in [6, 6.07) is 2.60. The molecule has 0 aliphatic carbocycles. The van der Waals surface area contributed by atoms with Gasteiger partial charge in [-0.3, -0.25) is 0 Å². The Labute approximate surface area is 95.0 Å². The van der Waals surface area contributed by atoms with Gasteiger partial charge < -0.3 is 15.6 Å². The Morgan fingerprint density at radius 3 is 2.50 bits per heavy atom. The van der Waals surface area contributed by atoms with E-state index in [1.54, 1.807) is 6.07 Å². The number of halogens is 1. The highest BCUT2D eigenvalue weighted by Gasteiger charge is 2.17. The number of methoxy groups -OCH3 is 1. The number of rotatable bonds is 4. The molecule has 1 aromatic carbocycles. The van der Waals surface area contributed by atoms with Gasteiger partial charge in [-0.2, -0.15) is 0 Å². The summed E-state index contributed by atoms with van der Waals surface area (Å²) >= 11 is 0. The summed E-state index contributed by atoms with van der Waals surface area (Å²) < 4.78 is 18.7. The van der Waals surface area contributed by atoms with Crippen LogP contribution in [0.4, 0.5) is 4.39 Å². The van der Waals surface area contributed by atoms with Crippen molar-refractivity contribution >= 4 is 0 Å². The molecule has 0 radical (unpaired) electrons. The summed E-state index contributed by atoms with van der Waals surface area (Å²) in [7, 11) is 1.39. The second kappa shape index (κ2) is 5.27. The van der Waals surface area contributed by atoms with Crippen molar-refractivity contribution in [3.05, 3.63) is 29.1 Å². The lowest BCUT2D eigenvalue weighted by Crippen LogP contribution is -2.16. The maximum Gasteiger partial charge on any atom is 0.165 e. The molecule has 0 bridgehead atoms. The van der Waals surface area contributed by atoms with Crippen LogP contribution >= 0.6 is 0 Å². The average molecular weight is 227 g/mol. The van der Waals surface area contributed by atoms with E-state index < -0.39 is 11.9 Å². The Morgan fingerprint density at radius 1 is 1.44 bits per heavy atom. The number of aliphatic hydroxyl groups excluding tert-OH is 1. The average Bonchev–Trinajstić information content (AvgIpc) is 2.26. The van der Waals surface area contributed by atoms with Crippen LogP contribution in [-0.2, 0) is 0 Å². The van der Waals surface area contributed by atoms with Gasteiger partial charge in [0.15, 0.2) is 11.6 Å². The maximum atomic E-state index is 13.7. The van der Waals surface area contributed by atoms with Gasteiger partial charge in [0, 0.05) is 5.56 Å². The first-order chi connectivity index (χ1) is 7.51. The molecule has 16 heavy (non-hydrogen) atoms. The van der Waals surface area contributed by atoms with E-state index in [1.807, 2.05) is 13.8 Å². The van der Waals surface area contributed by atoms with Crippen LogP contribution in [-0.4, -0.2) is 18.8 Å². The lowest BCUT2D eigenvalue weighted by Gasteiger charge is -2.17. The van der Waals surface area contributed by atoms with E-state index in [2.05, 4.69) is 0 Å². The van der Waals surface area contributed by atoms with E-state index in [4.69, 9.17) is 15.6 Å². The molecule has 0 aliphatic rings. The number of ether oxygens (including phenoxy) is 1. The number of nitrogens with two attached hydrogens (primary N) is 1. The summed E-state index contributed by atoms with van der Waals surface area (Å²) in [5, 5.41) is 9.03. The van der Waals surface area contributed by atoms with Gasteiger partial charge in [-0.25, -0.2) is 4.39 Å². The third-order valence-corrected chi connectivity index (χ3v) is 2.56. The van der Waals surface area contributed by atoms with Gasteiger partial charge in [-0.15, -0.1) is 0 Å². The van der Waals surface area contributed by atoms with Crippen LogP contribution in [0.25, 0.3) is 0 Å². The van der Waals surface area contributed by atoms with Crippen molar-refractivity contribution in [2.24, 2.45) is 5.73 Å². The second-order valence-electron chi connectivity index (χ2n) is 4.07. The first kappa shape index (κ1) is 12.9. The van der Waals surface area contributed by atoms with Gasteiger partial charge in [0.1, 0.15) is 0 Å². The SMILES string of the molecule is COc1c(F)cc(C(C)C)cc1C(N)CO. The molecule has 0 aromatic heterocycles. The molecule has 0 heterocycles. The van der Waals surface area contributed by atoms with Crippen LogP contribution in [0.1, 0.15) is 36.9 Å². The fraction of sp³-hybridized carbons (Fsp3) is 0.500. The van der Waals surface area contributed by atoms with E-state index in [0.29, 0.717) is 5.56 Å². The number of aliphatic hydroxyl groups is 1. The van der Waals surface area contributed by atoms with Crippen molar-refractivity contribution in [2.45, 2.75) is 25.8 Å². The molecule has 3 N–H and O–H groups in total. The van der Waals surface area contributed by atoms with Crippen molar-refractivity contribution in [3.63, 3.8) is 0 Å². The summed E-state index contributed by atoms with van der Waals surface area (Å²) in [6.07, 6.45) is 0. The zero-order chi connectivity index (χ0) is 12.3. The van der Waals surface area contributed by atoms with Crippen LogP contribution < -0.4 is 10.5 Å². The highest BCUT2D eigenvalue weighted by Crippen LogP contribution is 2.31. The highest BCUT2D eigenvalue weighted by molar-refractivity contribution is 5.41. The Balaban J connectivity index is 3.30. The Morgan fingerprint density at radius 2 is 2.06 bits per heavy atom. The summed E-state index contributed by atoms with van der Waals surface area (Å²) in [4.78, 5) is 0. The number of benzene rings is 1. The molecule has 1 atom stereocenters. The van der Waals surface area contributed by atoms with Gasteiger partial charge in [0.05, 0.1) is 19.8 Å². The molecule has 90 valence electrons. The largest absolute Gasteiger partial charge is 0.493 e. The minimum Gasteiger partial charge on any atom is -0.493 e. The molecule has 0 saturated carbocycles. The van der Waals surface area contributed by atoms with Gasteiger partial charge in [-0.05, 0) is 23.6 Å². The highest BCUT2D eigenvalue weighted by atomic mass is 19.1. The van der Waals surface area contributed by atoms with Crippen LogP contribution in [0.3, 0.4) is 0 Å².